The summed E-state index contributed by atoms with van der Waals surface area (Å²) in [6.45, 7) is 6.00. The first-order chi connectivity index (χ1) is 9.33. The molecule has 3 rings (SSSR count). The largest absolute Gasteiger partial charge is 0.487 e. The zero-order valence-corrected chi connectivity index (χ0v) is 11.7. The first-order valence-corrected chi connectivity index (χ1v) is 7.33. The molecule has 2 heterocycles. The predicted octanol–water partition coefficient (Wildman–Crippen LogP) is 1.49. The third kappa shape index (κ3) is 3.14. The quantitative estimate of drug-likeness (QED) is 0.880. The highest BCUT2D eigenvalue weighted by Crippen LogP contribution is 2.33. The number of nitrogens with zero attached hydrogens (tertiary/aromatic N) is 1. The highest BCUT2D eigenvalue weighted by Gasteiger charge is 2.20. The second-order valence-corrected chi connectivity index (χ2v) is 5.52. The molecule has 4 nitrogen and oxygen atoms in total. The van der Waals surface area contributed by atoms with Crippen LogP contribution in [0.1, 0.15) is 6.42 Å². The molecule has 1 aromatic carbocycles. The fraction of sp³-hybridized carbons (Fsp3) is 0.571. The summed E-state index contributed by atoms with van der Waals surface area (Å²) >= 11 is 6.14. The van der Waals surface area contributed by atoms with Gasteiger partial charge in [-0.2, -0.15) is 0 Å². The summed E-state index contributed by atoms with van der Waals surface area (Å²) in [5.41, 5.74) is 1.13. The number of rotatable bonds is 3. The number of hydrogen-bond donors (Lipinski definition) is 2. The molecular weight excluding hydrogens is 262 g/mol. The molecule has 5 heteroatoms. The molecule has 2 aliphatic rings. The molecule has 0 spiro atoms. The van der Waals surface area contributed by atoms with E-state index in [1.165, 1.54) is 0 Å². The number of ether oxygens (including phenoxy) is 1. The van der Waals surface area contributed by atoms with Crippen LogP contribution in [0.3, 0.4) is 0 Å². The van der Waals surface area contributed by atoms with E-state index in [4.69, 9.17) is 16.3 Å². The van der Waals surface area contributed by atoms with Gasteiger partial charge in [0.15, 0.2) is 0 Å². The van der Waals surface area contributed by atoms with Gasteiger partial charge in [-0.15, -0.1) is 0 Å². The Labute approximate surface area is 119 Å². The van der Waals surface area contributed by atoms with Gasteiger partial charge >= 0.3 is 0 Å². The number of piperazine rings is 1. The zero-order valence-electron chi connectivity index (χ0n) is 11.0. The Morgan fingerprint density at radius 3 is 2.74 bits per heavy atom. The SMILES string of the molecule is Clc1ccc(O[C@H]2CCNC2)c(N2CCNCC2)c1. The van der Waals surface area contributed by atoms with E-state index in [1.54, 1.807) is 0 Å². The molecule has 0 saturated carbocycles. The maximum atomic E-state index is 6.14. The lowest BCUT2D eigenvalue weighted by atomic mass is 10.2. The molecule has 2 saturated heterocycles. The number of nitrogens with one attached hydrogen (secondary N) is 2. The van der Waals surface area contributed by atoms with Crippen LogP contribution < -0.4 is 20.3 Å². The lowest BCUT2D eigenvalue weighted by molar-refractivity contribution is 0.223. The minimum absolute atomic E-state index is 0.280. The van der Waals surface area contributed by atoms with E-state index in [0.717, 1.165) is 62.1 Å². The normalized spacial score (nSPS) is 23.6. The first kappa shape index (κ1) is 13.0. The summed E-state index contributed by atoms with van der Waals surface area (Å²) in [7, 11) is 0. The Kier molecular flexibility index (Phi) is 4.11. The first-order valence-electron chi connectivity index (χ1n) is 6.95. The van der Waals surface area contributed by atoms with E-state index in [0.29, 0.717) is 0 Å². The molecule has 19 heavy (non-hydrogen) atoms. The average Bonchev–Trinajstić information content (AvgIpc) is 2.95. The molecule has 0 unspecified atom stereocenters. The Balaban J connectivity index is 1.80. The minimum atomic E-state index is 0.280. The highest BCUT2D eigenvalue weighted by molar-refractivity contribution is 6.30. The van der Waals surface area contributed by atoms with Crippen molar-refractivity contribution in [2.45, 2.75) is 12.5 Å². The summed E-state index contributed by atoms with van der Waals surface area (Å²) in [6, 6.07) is 5.92. The lowest BCUT2D eigenvalue weighted by Gasteiger charge is -2.31. The van der Waals surface area contributed by atoms with Crippen LogP contribution in [0.4, 0.5) is 5.69 Å². The molecule has 2 fully saturated rings. The van der Waals surface area contributed by atoms with Crippen LogP contribution in [-0.4, -0.2) is 45.4 Å². The van der Waals surface area contributed by atoms with Crippen molar-refractivity contribution in [2.24, 2.45) is 0 Å². The number of anilines is 1. The summed E-state index contributed by atoms with van der Waals surface area (Å²) in [4.78, 5) is 2.35. The van der Waals surface area contributed by atoms with Crippen molar-refractivity contribution in [3.05, 3.63) is 23.2 Å². The number of halogens is 1. The van der Waals surface area contributed by atoms with Crippen molar-refractivity contribution in [3.63, 3.8) is 0 Å². The van der Waals surface area contributed by atoms with E-state index in [1.807, 2.05) is 18.2 Å². The van der Waals surface area contributed by atoms with Gasteiger partial charge in [0.25, 0.3) is 0 Å². The molecule has 0 radical (unpaired) electrons. The summed E-state index contributed by atoms with van der Waals surface area (Å²) in [6.07, 6.45) is 1.35. The molecule has 0 aliphatic carbocycles. The van der Waals surface area contributed by atoms with E-state index < -0.39 is 0 Å². The highest BCUT2D eigenvalue weighted by atomic mass is 35.5. The lowest BCUT2D eigenvalue weighted by Crippen LogP contribution is -2.43. The molecule has 104 valence electrons. The molecule has 1 atom stereocenters. The Bertz CT molecular complexity index is 429. The Morgan fingerprint density at radius 1 is 1.16 bits per heavy atom. The minimum Gasteiger partial charge on any atom is -0.487 e. The number of benzene rings is 1. The third-order valence-electron chi connectivity index (χ3n) is 3.69. The van der Waals surface area contributed by atoms with E-state index in [9.17, 15) is 0 Å². The van der Waals surface area contributed by atoms with Crippen LogP contribution in [0.25, 0.3) is 0 Å². The third-order valence-corrected chi connectivity index (χ3v) is 3.92. The predicted molar refractivity (Wildman–Crippen MR) is 78.4 cm³/mol. The fourth-order valence-electron chi connectivity index (χ4n) is 2.65. The zero-order chi connectivity index (χ0) is 13.1. The van der Waals surface area contributed by atoms with Gasteiger partial charge < -0.3 is 20.3 Å². The Morgan fingerprint density at radius 2 is 2.00 bits per heavy atom. The smallest absolute Gasteiger partial charge is 0.143 e. The van der Waals surface area contributed by atoms with Crippen molar-refractivity contribution in [1.82, 2.24) is 10.6 Å². The van der Waals surface area contributed by atoms with Gasteiger partial charge in [-0.05, 0) is 31.2 Å². The van der Waals surface area contributed by atoms with Gasteiger partial charge in [0.1, 0.15) is 11.9 Å². The van der Waals surface area contributed by atoms with Gasteiger partial charge in [-0.1, -0.05) is 11.6 Å². The second kappa shape index (κ2) is 5.99. The number of hydrogen-bond acceptors (Lipinski definition) is 4. The monoisotopic (exact) mass is 281 g/mol. The van der Waals surface area contributed by atoms with Crippen LogP contribution in [0.5, 0.6) is 5.75 Å². The molecule has 0 bridgehead atoms. The van der Waals surface area contributed by atoms with E-state index in [-0.39, 0.29) is 6.10 Å². The second-order valence-electron chi connectivity index (χ2n) is 5.08. The topological polar surface area (TPSA) is 36.5 Å². The maximum absolute atomic E-state index is 6.14. The average molecular weight is 282 g/mol. The van der Waals surface area contributed by atoms with Gasteiger partial charge in [-0.25, -0.2) is 0 Å². The van der Waals surface area contributed by atoms with Crippen molar-refractivity contribution in [1.29, 1.82) is 0 Å². The van der Waals surface area contributed by atoms with E-state index in [2.05, 4.69) is 15.5 Å². The molecule has 1 aromatic rings. The van der Waals surface area contributed by atoms with Crippen LogP contribution in [0, 0.1) is 0 Å². The Hall–Kier alpha value is -0.970. The molecule has 0 aromatic heterocycles. The summed E-state index contributed by atoms with van der Waals surface area (Å²) in [5.74, 6) is 0.958. The maximum Gasteiger partial charge on any atom is 0.143 e. The van der Waals surface area contributed by atoms with Gasteiger partial charge in [0.05, 0.1) is 5.69 Å². The van der Waals surface area contributed by atoms with Gasteiger partial charge in [-0.3, -0.25) is 0 Å². The summed E-state index contributed by atoms with van der Waals surface area (Å²) in [5, 5.41) is 7.46. The molecular formula is C14H20ClN3O. The van der Waals surface area contributed by atoms with Gasteiger partial charge in [0, 0.05) is 37.7 Å². The van der Waals surface area contributed by atoms with Crippen molar-refractivity contribution in [2.75, 3.05) is 44.2 Å². The van der Waals surface area contributed by atoms with Crippen molar-refractivity contribution >= 4 is 17.3 Å². The van der Waals surface area contributed by atoms with Crippen LogP contribution >= 0.6 is 11.6 Å². The standard InChI is InChI=1S/C14H20ClN3O/c15-11-1-2-14(19-12-3-4-17-10-12)13(9-11)18-7-5-16-6-8-18/h1-2,9,12,16-17H,3-8,10H2/t12-/m0/s1. The van der Waals surface area contributed by atoms with Crippen LogP contribution in [0.15, 0.2) is 18.2 Å². The van der Waals surface area contributed by atoms with Crippen molar-refractivity contribution in [3.8, 4) is 5.75 Å². The summed E-state index contributed by atoms with van der Waals surface area (Å²) < 4.78 is 6.13. The van der Waals surface area contributed by atoms with Crippen molar-refractivity contribution < 1.29 is 4.74 Å². The fourth-order valence-corrected chi connectivity index (χ4v) is 2.82. The molecule has 2 N–H and O–H groups in total. The van der Waals surface area contributed by atoms with Gasteiger partial charge in [0.2, 0.25) is 0 Å². The van der Waals surface area contributed by atoms with E-state index >= 15 is 0 Å². The molecule has 0 amide bonds. The van der Waals surface area contributed by atoms with Crippen LogP contribution in [0.2, 0.25) is 5.02 Å². The van der Waals surface area contributed by atoms with Crippen LogP contribution in [-0.2, 0) is 0 Å². The molecule has 2 aliphatic heterocycles.